The van der Waals surface area contributed by atoms with Gasteiger partial charge in [0.1, 0.15) is 0 Å². The third-order valence-corrected chi connectivity index (χ3v) is 13.8. The van der Waals surface area contributed by atoms with Crippen LogP contribution in [0, 0.1) is 0 Å². The van der Waals surface area contributed by atoms with E-state index in [0.717, 1.165) is 13.8 Å². The van der Waals surface area contributed by atoms with E-state index in [1.54, 1.807) is 27.7 Å². The van der Waals surface area contributed by atoms with Gasteiger partial charge in [0, 0.05) is 0 Å². The van der Waals surface area contributed by atoms with Crippen LogP contribution in [0.2, 0.25) is 7.44 Å². The van der Waals surface area contributed by atoms with Crippen molar-refractivity contribution >= 4 is 23.5 Å². The number of carbonyl (C=O) groups excluding carboxylic acids is 2. The van der Waals surface area contributed by atoms with Crippen molar-refractivity contribution in [2.75, 3.05) is 0 Å². The van der Waals surface area contributed by atoms with Gasteiger partial charge in [-0.3, -0.25) is 0 Å². The molecule has 2 N–H and O–H groups in total. The molecule has 0 aliphatic carbocycles. The number of carboxylic acid groups (broad SMARTS) is 2. The van der Waals surface area contributed by atoms with Crippen molar-refractivity contribution in [2.45, 2.75) is 87.9 Å². The fraction of sp³-hybridized carbons (Fsp3) is 0.778. The van der Waals surface area contributed by atoms with Gasteiger partial charge in [-0.05, 0) is 0 Å². The fourth-order valence-corrected chi connectivity index (χ4v) is 12.1. The van der Waals surface area contributed by atoms with E-state index in [2.05, 4.69) is 0 Å². The van der Waals surface area contributed by atoms with Gasteiger partial charge in [0.15, 0.2) is 0 Å². The van der Waals surface area contributed by atoms with Gasteiger partial charge in [0.2, 0.25) is 0 Å². The Bertz CT molecular complexity index is 516. The second-order valence-corrected chi connectivity index (χ2v) is 12.5. The Kier molecular flexibility index (Phi) is 9.03. The zero-order valence-electron chi connectivity index (χ0n) is 17.4. The molecule has 0 heterocycles. The number of carboxylic acids is 2. The molecule has 8 nitrogen and oxygen atoms in total. The van der Waals surface area contributed by atoms with Crippen molar-refractivity contribution in [1.82, 2.24) is 0 Å². The summed E-state index contributed by atoms with van der Waals surface area (Å²) < 4.78 is 7.71. The van der Waals surface area contributed by atoms with Gasteiger partial charge in [-0.25, -0.2) is 0 Å². The quantitative estimate of drug-likeness (QED) is 0.361. The van der Waals surface area contributed by atoms with Crippen molar-refractivity contribution in [2.24, 2.45) is 0 Å². The summed E-state index contributed by atoms with van der Waals surface area (Å²) in [6.45, 7) is 11.6. The summed E-state index contributed by atoms with van der Waals surface area (Å²) in [6, 6.07) is 0. The van der Waals surface area contributed by atoms with Crippen LogP contribution in [0.4, 0.5) is 0 Å². The van der Waals surface area contributed by atoms with Gasteiger partial charge in [-0.15, -0.1) is 0 Å². The summed E-state index contributed by atoms with van der Waals surface area (Å²) in [5.74, 6) is -4.56. The maximum atomic E-state index is 12.8. The Morgan fingerprint density at radius 2 is 1.04 bits per heavy atom. The zero-order chi connectivity index (χ0) is 21.8. The van der Waals surface area contributed by atoms with Crippen molar-refractivity contribution in [3.05, 3.63) is 0 Å². The van der Waals surface area contributed by atoms with Gasteiger partial charge in [-0.2, -0.15) is 0 Å². The first-order chi connectivity index (χ1) is 12.2. The van der Waals surface area contributed by atoms with Crippen molar-refractivity contribution < 1.29 is 53.4 Å². The van der Waals surface area contributed by atoms with Crippen LogP contribution >= 0.6 is 0 Å². The fourth-order valence-electron chi connectivity index (χ4n) is 3.77. The van der Waals surface area contributed by atoms with Crippen molar-refractivity contribution in [1.29, 1.82) is 0 Å². The second kappa shape index (κ2) is 9.41. The van der Waals surface area contributed by atoms with Crippen LogP contribution in [0.25, 0.3) is 0 Å². The van der Waals surface area contributed by atoms with Crippen LogP contribution in [0.15, 0.2) is 0 Å². The van der Waals surface area contributed by atoms with E-state index < -0.39 is 60.5 Å². The summed E-state index contributed by atoms with van der Waals surface area (Å²) in [5.41, 5.74) is 0. The Morgan fingerprint density at radius 3 is 1.15 bits per heavy atom. The molecule has 0 saturated heterocycles. The van der Waals surface area contributed by atoms with Crippen LogP contribution in [0.1, 0.15) is 68.2 Å². The summed E-state index contributed by atoms with van der Waals surface area (Å²) in [7, 11) is 0. The molecule has 156 valence electrons. The normalized spacial score (nSPS) is 16.7. The standard InChI is InChI=1S/2C6H9O3.2C3H7O.Ti/c2*1-3-5(4(2)7)6(8)9;2*1-3(2)4;/h2*3H2,1-2H3,(H,8,9);2*3H,1-2H3;/q;;2*-1;+2. The third kappa shape index (κ3) is 4.04. The van der Waals surface area contributed by atoms with Crippen LogP contribution < -0.4 is 0 Å². The SMILES string of the molecule is CC[C](C(C)=O)(C(=O)O)[Ti]([O]C(C)C)([O]C(C)C)[C](CC)(C(C)=O)C(=O)O. The van der Waals surface area contributed by atoms with E-state index in [1.165, 1.54) is 13.8 Å². The minimum absolute atomic E-state index is 0.237. The average Bonchev–Trinajstić information content (AvgIpc) is 2.46. The van der Waals surface area contributed by atoms with Gasteiger partial charge in [0.05, 0.1) is 0 Å². The Balaban J connectivity index is 7.66. The molecule has 0 aliphatic rings. The Labute approximate surface area is 164 Å². The number of rotatable bonds is 12. The molecule has 0 aromatic heterocycles. The van der Waals surface area contributed by atoms with E-state index in [9.17, 15) is 29.4 Å². The summed E-state index contributed by atoms with van der Waals surface area (Å²) in [4.78, 5) is 50.5. The number of ketones is 2. The van der Waals surface area contributed by atoms with Crippen LogP contribution in [-0.2, 0) is 43.2 Å². The monoisotopic (exact) mass is 424 g/mol. The van der Waals surface area contributed by atoms with E-state index >= 15 is 0 Å². The van der Waals surface area contributed by atoms with Gasteiger partial charge in [0.25, 0.3) is 0 Å². The predicted octanol–water partition coefficient (Wildman–Crippen LogP) is 3.30. The van der Waals surface area contributed by atoms with E-state index in [1.807, 2.05) is 0 Å². The maximum absolute atomic E-state index is 12.8. The molecule has 0 radical (unpaired) electrons. The predicted molar refractivity (Wildman–Crippen MR) is 95.0 cm³/mol. The Morgan fingerprint density at radius 1 is 0.778 bits per heavy atom. The topological polar surface area (TPSA) is 127 Å². The molecule has 0 saturated carbocycles. The molecule has 0 spiro atoms. The first-order valence-electron chi connectivity index (χ1n) is 9.07. The van der Waals surface area contributed by atoms with E-state index in [4.69, 9.17) is 6.64 Å². The molecule has 2 atom stereocenters. The van der Waals surface area contributed by atoms with Gasteiger partial charge < -0.3 is 0 Å². The molecule has 9 heteroatoms. The number of hydrogen-bond acceptors (Lipinski definition) is 6. The number of carbonyl (C=O) groups is 4. The molecule has 0 aromatic rings. The van der Waals surface area contributed by atoms with Crippen molar-refractivity contribution in [3.63, 3.8) is 0 Å². The number of Topliss-reactive ketones (excluding diaryl/α,β-unsaturated/α-hetero) is 2. The zero-order valence-corrected chi connectivity index (χ0v) is 19.0. The summed E-state index contributed by atoms with van der Waals surface area (Å²) >= 11 is -5.36. The third-order valence-electron chi connectivity index (χ3n) is 4.92. The molecule has 0 bridgehead atoms. The molecule has 0 rings (SSSR count). The van der Waals surface area contributed by atoms with Gasteiger partial charge in [-0.1, -0.05) is 0 Å². The first kappa shape index (κ1) is 25.9. The van der Waals surface area contributed by atoms with Gasteiger partial charge >= 0.3 is 165 Å². The van der Waals surface area contributed by atoms with Crippen LogP contribution in [0.5, 0.6) is 0 Å². The van der Waals surface area contributed by atoms with Crippen LogP contribution in [0.3, 0.4) is 0 Å². The van der Waals surface area contributed by atoms with Crippen molar-refractivity contribution in [3.8, 4) is 0 Å². The molecule has 2 unspecified atom stereocenters. The molecular weight excluding hydrogens is 392 g/mol. The number of hydrogen-bond donors (Lipinski definition) is 2. The molecule has 0 amide bonds. The van der Waals surface area contributed by atoms with E-state index in [0.29, 0.717) is 0 Å². The molecular formula is C18H32O8Ti. The average molecular weight is 424 g/mol. The molecule has 0 aliphatic heterocycles. The molecule has 0 fully saturated rings. The second-order valence-electron chi connectivity index (χ2n) is 7.19. The first-order valence-corrected chi connectivity index (χ1v) is 11.9. The van der Waals surface area contributed by atoms with E-state index in [-0.39, 0.29) is 12.8 Å². The Hall–Kier alpha value is -1.09. The molecule has 27 heavy (non-hydrogen) atoms. The number of aliphatic carboxylic acids is 2. The van der Waals surface area contributed by atoms with Crippen LogP contribution in [-0.4, -0.2) is 45.9 Å². The summed E-state index contributed by atoms with van der Waals surface area (Å²) in [6.07, 6.45) is -1.75. The molecule has 0 aromatic carbocycles. The summed E-state index contributed by atoms with van der Waals surface area (Å²) in [5, 5.41) is 20.3. The minimum atomic E-state index is -5.36.